The van der Waals surface area contributed by atoms with Crippen LogP contribution in [-0.2, 0) is 0 Å². The number of rotatable bonds is 3. The molecule has 0 saturated heterocycles. The van der Waals surface area contributed by atoms with Gasteiger partial charge in [-0.2, -0.15) is 5.26 Å². The molecule has 0 amide bonds. The minimum absolute atomic E-state index is 0.410. The number of halogens is 1. The van der Waals surface area contributed by atoms with E-state index in [0.717, 1.165) is 16.7 Å². The van der Waals surface area contributed by atoms with Crippen LogP contribution < -0.4 is 0 Å². The molecule has 1 aliphatic rings. The molecular formula is C12H13ClN2S. The van der Waals surface area contributed by atoms with E-state index in [0.29, 0.717) is 10.7 Å². The zero-order valence-electron chi connectivity index (χ0n) is 8.95. The molecule has 1 saturated carbocycles. The number of nitrogens with zero attached hydrogens (tertiary/aromatic N) is 2. The van der Waals surface area contributed by atoms with Crippen molar-refractivity contribution >= 4 is 23.4 Å². The first-order valence-electron chi connectivity index (χ1n) is 5.48. The zero-order valence-corrected chi connectivity index (χ0v) is 10.5. The first-order chi connectivity index (χ1) is 7.78. The monoisotopic (exact) mass is 252 g/mol. The lowest BCUT2D eigenvalue weighted by Gasteiger charge is -2.07. The van der Waals surface area contributed by atoms with Crippen molar-refractivity contribution in [3.8, 4) is 6.07 Å². The molecular weight excluding hydrogens is 240 g/mol. The summed E-state index contributed by atoms with van der Waals surface area (Å²) in [4.78, 5) is 4.22. The molecule has 2 nitrogen and oxygen atoms in total. The van der Waals surface area contributed by atoms with Gasteiger partial charge in [-0.05, 0) is 30.9 Å². The summed E-state index contributed by atoms with van der Waals surface area (Å²) < 4.78 is 0. The third-order valence-electron chi connectivity index (χ3n) is 2.84. The lowest BCUT2D eigenvalue weighted by molar-refractivity contribution is 0.623. The maximum atomic E-state index is 8.82. The van der Waals surface area contributed by atoms with Crippen LogP contribution >= 0.6 is 23.4 Å². The molecule has 4 heteroatoms. The van der Waals surface area contributed by atoms with Crippen molar-refractivity contribution in [1.29, 1.82) is 5.26 Å². The number of aromatic nitrogens is 1. The molecule has 1 aromatic rings. The Hall–Kier alpha value is -0.720. The zero-order chi connectivity index (χ0) is 11.4. The van der Waals surface area contributed by atoms with E-state index in [9.17, 15) is 0 Å². The van der Waals surface area contributed by atoms with E-state index in [1.807, 2.05) is 6.07 Å². The summed E-state index contributed by atoms with van der Waals surface area (Å²) in [5.41, 5.74) is 0.592. The minimum Gasteiger partial charge on any atom is -0.230 e. The van der Waals surface area contributed by atoms with Gasteiger partial charge in [0.1, 0.15) is 5.15 Å². The van der Waals surface area contributed by atoms with Crippen molar-refractivity contribution in [2.75, 3.05) is 5.75 Å². The Morgan fingerprint density at radius 1 is 1.44 bits per heavy atom. The van der Waals surface area contributed by atoms with E-state index in [2.05, 4.69) is 11.1 Å². The van der Waals surface area contributed by atoms with E-state index >= 15 is 0 Å². The van der Waals surface area contributed by atoms with Gasteiger partial charge in [-0.3, -0.25) is 0 Å². The summed E-state index contributed by atoms with van der Waals surface area (Å²) in [6.07, 6.45) is 5.38. The van der Waals surface area contributed by atoms with Crippen LogP contribution in [0.3, 0.4) is 0 Å². The fraction of sp³-hybridized carbons (Fsp3) is 0.500. The van der Waals surface area contributed by atoms with Crippen molar-refractivity contribution in [3.63, 3.8) is 0 Å². The molecule has 1 heterocycles. The largest absolute Gasteiger partial charge is 0.230 e. The number of thioether (sulfide) groups is 1. The summed E-state index contributed by atoms with van der Waals surface area (Å²) in [6, 6.07) is 5.51. The Bertz CT molecular complexity index is 408. The van der Waals surface area contributed by atoms with Crippen LogP contribution in [0.1, 0.15) is 31.2 Å². The highest BCUT2D eigenvalue weighted by atomic mass is 35.5. The summed E-state index contributed by atoms with van der Waals surface area (Å²) in [7, 11) is 0. The fourth-order valence-corrected chi connectivity index (χ4v) is 3.36. The molecule has 0 aliphatic heterocycles. The SMILES string of the molecule is N#Cc1cc(Cl)nc(SCC2CCCC2)c1. The topological polar surface area (TPSA) is 36.7 Å². The van der Waals surface area contributed by atoms with Crippen molar-refractivity contribution < 1.29 is 0 Å². The van der Waals surface area contributed by atoms with Gasteiger partial charge in [-0.1, -0.05) is 24.4 Å². The molecule has 1 aliphatic carbocycles. The van der Waals surface area contributed by atoms with Gasteiger partial charge < -0.3 is 0 Å². The van der Waals surface area contributed by atoms with Crippen LogP contribution in [0.2, 0.25) is 5.15 Å². The minimum atomic E-state index is 0.410. The summed E-state index contributed by atoms with van der Waals surface area (Å²) >= 11 is 7.56. The van der Waals surface area contributed by atoms with Gasteiger partial charge >= 0.3 is 0 Å². The van der Waals surface area contributed by atoms with Crippen LogP contribution in [0.5, 0.6) is 0 Å². The number of pyridine rings is 1. The van der Waals surface area contributed by atoms with Crippen molar-refractivity contribution in [3.05, 3.63) is 22.8 Å². The molecule has 0 atom stereocenters. The van der Waals surface area contributed by atoms with Crippen LogP contribution in [0.15, 0.2) is 17.2 Å². The normalized spacial score (nSPS) is 16.2. The van der Waals surface area contributed by atoms with Gasteiger partial charge in [0, 0.05) is 5.75 Å². The average Bonchev–Trinajstić information content (AvgIpc) is 2.78. The van der Waals surface area contributed by atoms with E-state index in [1.54, 1.807) is 17.8 Å². The van der Waals surface area contributed by atoms with E-state index in [1.165, 1.54) is 25.7 Å². The Balaban J connectivity index is 1.98. The molecule has 84 valence electrons. The number of hydrogen-bond donors (Lipinski definition) is 0. The highest BCUT2D eigenvalue weighted by Crippen LogP contribution is 2.30. The first-order valence-corrected chi connectivity index (χ1v) is 6.85. The van der Waals surface area contributed by atoms with Gasteiger partial charge in [0.05, 0.1) is 16.7 Å². The van der Waals surface area contributed by atoms with Crippen LogP contribution in [0, 0.1) is 17.2 Å². The van der Waals surface area contributed by atoms with E-state index < -0.39 is 0 Å². The smallest absolute Gasteiger partial charge is 0.131 e. The molecule has 2 rings (SSSR count). The first kappa shape index (κ1) is 11.8. The number of hydrogen-bond acceptors (Lipinski definition) is 3. The maximum Gasteiger partial charge on any atom is 0.131 e. The third-order valence-corrected chi connectivity index (χ3v) is 4.18. The molecule has 0 radical (unpaired) electrons. The standard InChI is InChI=1S/C12H13ClN2S/c13-11-5-10(7-14)6-12(15-11)16-8-9-3-1-2-4-9/h5-6,9H,1-4,8H2. The molecule has 16 heavy (non-hydrogen) atoms. The molecule has 1 fully saturated rings. The molecule has 0 spiro atoms. The fourth-order valence-electron chi connectivity index (χ4n) is 1.99. The van der Waals surface area contributed by atoms with Crippen LogP contribution in [-0.4, -0.2) is 10.7 Å². The average molecular weight is 253 g/mol. The quantitative estimate of drug-likeness (QED) is 0.605. The van der Waals surface area contributed by atoms with Gasteiger partial charge in [0.15, 0.2) is 0 Å². The second kappa shape index (κ2) is 5.56. The van der Waals surface area contributed by atoms with Crippen molar-refractivity contribution in [1.82, 2.24) is 4.98 Å². The van der Waals surface area contributed by atoms with Crippen molar-refractivity contribution in [2.45, 2.75) is 30.7 Å². The maximum absolute atomic E-state index is 8.82. The highest BCUT2D eigenvalue weighted by molar-refractivity contribution is 7.99. The number of nitriles is 1. The Labute approximate surface area is 105 Å². The predicted octanol–water partition coefficient (Wildman–Crippen LogP) is 3.89. The molecule has 0 unspecified atom stereocenters. The van der Waals surface area contributed by atoms with Crippen molar-refractivity contribution in [2.24, 2.45) is 5.92 Å². The molecule has 1 aromatic heterocycles. The van der Waals surface area contributed by atoms with Gasteiger partial charge in [-0.15, -0.1) is 11.8 Å². The van der Waals surface area contributed by atoms with Gasteiger partial charge in [-0.25, -0.2) is 4.98 Å². The van der Waals surface area contributed by atoms with Crippen LogP contribution in [0.25, 0.3) is 0 Å². The second-order valence-corrected chi connectivity index (χ2v) is 5.52. The van der Waals surface area contributed by atoms with Gasteiger partial charge in [0.2, 0.25) is 0 Å². The summed E-state index contributed by atoms with van der Waals surface area (Å²) in [5, 5.41) is 10.1. The lowest BCUT2D eigenvalue weighted by atomic mass is 10.1. The predicted molar refractivity (Wildman–Crippen MR) is 66.6 cm³/mol. The Morgan fingerprint density at radius 2 is 2.19 bits per heavy atom. The lowest BCUT2D eigenvalue weighted by Crippen LogP contribution is -1.97. The summed E-state index contributed by atoms with van der Waals surface area (Å²) in [6.45, 7) is 0. The molecule has 0 bridgehead atoms. The Kier molecular flexibility index (Phi) is 4.09. The Morgan fingerprint density at radius 3 is 2.88 bits per heavy atom. The van der Waals surface area contributed by atoms with E-state index in [4.69, 9.17) is 16.9 Å². The highest BCUT2D eigenvalue weighted by Gasteiger charge is 2.15. The van der Waals surface area contributed by atoms with Crippen LogP contribution in [0.4, 0.5) is 0 Å². The van der Waals surface area contributed by atoms with E-state index in [-0.39, 0.29) is 0 Å². The molecule has 0 N–H and O–H groups in total. The third kappa shape index (κ3) is 3.13. The second-order valence-electron chi connectivity index (χ2n) is 4.09. The summed E-state index contributed by atoms with van der Waals surface area (Å²) in [5.74, 6) is 1.91. The van der Waals surface area contributed by atoms with Gasteiger partial charge in [0.25, 0.3) is 0 Å². The molecule has 0 aromatic carbocycles.